The molecule has 0 spiro atoms. The second-order valence-electron chi connectivity index (χ2n) is 2.11. The molecule has 0 aliphatic heterocycles. The Kier molecular flexibility index (Phi) is 3.75. The summed E-state index contributed by atoms with van der Waals surface area (Å²) in [4.78, 5) is 0. The van der Waals surface area contributed by atoms with E-state index in [9.17, 15) is 0 Å². The maximum absolute atomic E-state index is 5.06. The van der Waals surface area contributed by atoms with Gasteiger partial charge in [0.2, 0.25) is 0 Å². The molecule has 0 unspecified atom stereocenters. The van der Waals surface area contributed by atoms with Gasteiger partial charge in [0.25, 0.3) is 0 Å². The first-order valence-electron chi connectivity index (χ1n) is 3.63. The van der Waals surface area contributed by atoms with Crippen LogP contribution in [0.25, 0.3) is 0 Å². The van der Waals surface area contributed by atoms with E-state index in [1.165, 1.54) is 8.08 Å². The molecule has 1 rings (SSSR count). The Morgan fingerprint density at radius 1 is 1.27 bits per heavy atom. The van der Waals surface area contributed by atoms with Crippen molar-refractivity contribution in [3.8, 4) is 5.75 Å². The van der Waals surface area contributed by atoms with Crippen LogP contribution in [-0.4, -0.2) is 28.0 Å². The summed E-state index contributed by atoms with van der Waals surface area (Å²) in [6.07, 6.45) is 0. The zero-order valence-corrected chi connectivity index (χ0v) is 9.16. The molecule has 11 heavy (non-hydrogen) atoms. The Hall–Kier alpha value is -0.190. The Morgan fingerprint density at radius 2 is 1.91 bits per heavy atom. The van der Waals surface area contributed by atoms with Gasteiger partial charge in [0.1, 0.15) is 0 Å². The third kappa shape index (κ3) is 2.73. The van der Waals surface area contributed by atoms with Gasteiger partial charge in [-0.05, 0) is 0 Å². The molecular weight excluding hydrogens is 252 g/mol. The maximum atomic E-state index is 5.06. The predicted octanol–water partition coefficient (Wildman–Crippen LogP) is 1.46. The van der Waals surface area contributed by atoms with Crippen LogP contribution in [0.5, 0.6) is 5.75 Å². The molecule has 60 valence electrons. The topological polar surface area (TPSA) is 9.23 Å². The van der Waals surface area contributed by atoms with Crippen molar-refractivity contribution in [3.63, 3.8) is 0 Å². The number of ether oxygens (including phenoxy) is 1. The fourth-order valence-corrected chi connectivity index (χ4v) is 2.73. The average Bonchev–Trinajstić information content (AvgIpc) is 2.07. The summed E-state index contributed by atoms with van der Waals surface area (Å²) in [6.45, 7) is 2.24. The van der Waals surface area contributed by atoms with E-state index in [-0.39, 0.29) is 20.9 Å². The van der Waals surface area contributed by atoms with Crippen LogP contribution >= 0.6 is 0 Å². The van der Waals surface area contributed by atoms with Crippen molar-refractivity contribution in [1.29, 1.82) is 0 Å². The van der Waals surface area contributed by atoms with Gasteiger partial charge in [-0.2, -0.15) is 0 Å². The number of hydrogen-bond acceptors (Lipinski definition) is 1. The van der Waals surface area contributed by atoms with Crippen LogP contribution in [0.4, 0.5) is 0 Å². The van der Waals surface area contributed by atoms with E-state index in [0.29, 0.717) is 0 Å². The molecule has 2 heteroatoms. The third-order valence-electron chi connectivity index (χ3n) is 1.37. The molecule has 1 aromatic carbocycles. The number of rotatable bonds is 3. The van der Waals surface area contributed by atoms with Gasteiger partial charge in [-0.15, -0.1) is 0 Å². The molecule has 0 fully saturated rings. The van der Waals surface area contributed by atoms with Crippen LogP contribution in [0.3, 0.4) is 0 Å². The SMILES string of the molecule is CC[Te]c1ccc(OC)cc1. The summed E-state index contributed by atoms with van der Waals surface area (Å²) in [5.41, 5.74) is 0. The van der Waals surface area contributed by atoms with E-state index in [0.717, 1.165) is 5.75 Å². The third-order valence-corrected chi connectivity index (χ3v) is 3.92. The van der Waals surface area contributed by atoms with E-state index in [4.69, 9.17) is 4.74 Å². The van der Waals surface area contributed by atoms with Crippen LogP contribution in [0.2, 0.25) is 4.47 Å². The van der Waals surface area contributed by atoms with Crippen molar-refractivity contribution < 1.29 is 4.74 Å². The zero-order valence-electron chi connectivity index (χ0n) is 6.83. The fraction of sp³-hybridized carbons (Fsp3) is 0.333. The molecule has 0 aliphatic carbocycles. The van der Waals surface area contributed by atoms with Gasteiger partial charge in [-0.25, -0.2) is 0 Å². The van der Waals surface area contributed by atoms with E-state index in [2.05, 4.69) is 19.1 Å². The van der Waals surface area contributed by atoms with Crippen LogP contribution in [0.15, 0.2) is 24.3 Å². The molecule has 0 atom stereocenters. The molecule has 0 saturated heterocycles. The molecule has 1 aromatic rings. The van der Waals surface area contributed by atoms with E-state index >= 15 is 0 Å². The first-order chi connectivity index (χ1) is 5.36. The van der Waals surface area contributed by atoms with Gasteiger partial charge in [-0.3, -0.25) is 0 Å². The molecular formula is C9H12OTe. The van der Waals surface area contributed by atoms with Crippen LogP contribution in [0, 0.1) is 0 Å². The standard InChI is InChI=1S/C9H12OTe/c1-3-11-9-6-4-8(10-2)5-7-9/h4-7H,3H2,1-2H3. The van der Waals surface area contributed by atoms with Crippen LogP contribution < -0.4 is 8.35 Å². The number of benzene rings is 1. The molecule has 1 nitrogen and oxygen atoms in total. The van der Waals surface area contributed by atoms with E-state index in [1.807, 2.05) is 12.1 Å². The molecule has 0 heterocycles. The molecule has 0 amide bonds. The van der Waals surface area contributed by atoms with Crippen molar-refractivity contribution in [2.45, 2.75) is 11.4 Å². The predicted molar refractivity (Wildman–Crippen MR) is 48.9 cm³/mol. The summed E-state index contributed by atoms with van der Waals surface area (Å²) in [5, 5.41) is 0. The summed E-state index contributed by atoms with van der Waals surface area (Å²) in [6, 6.07) is 8.42. The van der Waals surface area contributed by atoms with Crippen molar-refractivity contribution in [1.82, 2.24) is 0 Å². The van der Waals surface area contributed by atoms with Gasteiger partial charge in [0.15, 0.2) is 0 Å². The monoisotopic (exact) mass is 266 g/mol. The summed E-state index contributed by atoms with van der Waals surface area (Å²) in [7, 11) is 1.70. The molecule has 0 bridgehead atoms. The second-order valence-corrected chi connectivity index (χ2v) is 5.93. The van der Waals surface area contributed by atoms with Gasteiger partial charge < -0.3 is 0 Å². The first kappa shape index (κ1) is 8.90. The van der Waals surface area contributed by atoms with E-state index < -0.39 is 0 Å². The Morgan fingerprint density at radius 3 is 2.36 bits per heavy atom. The fourth-order valence-electron chi connectivity index (χ4n) is 0.839. The van der Waals surface area contributed by atoms with Gasteiger partial charge >= 0.3 is 77.8 Å². The zero-order chi connectivity index (χ0) is 8.10. The average molecular weight is 264 g/mol. The minimum atomic E-state index is 0.0926. The minimum absolute atomic E-state index is 0.0926. The molecule has 0 aliphatic rings. The summed E-state index contributed by atoms with van der Waals surface area (Å²) < 4.78 is 7.91. The van der Waals surface area contributed by atoms with Gasteiger partial charge in [0, 0.05) is 0 Å². The Bertz CT molecular complexity index is 205. The van der Waals surface area contributed by atoms with Crippen molar-refractivity contribution >= 4 is 24.5 Å². The van der Waals surface area contributed by atoms with Crippen LogP contribution in [-0.2, 0) is 0 Å². The molecule has 0 aromatic heterocycles. The normalized spacial score (nSPS) is 9.64. The molecule has 0 N–H and O–H groups in total. The van der Waals surface area contributed by atoms with Gasteiger partial charge in [-0.1, -0.05) is 0 Å². The number of hydrogen-bond donors (Lipinski definition) is 0. The summed E-state index contributed by atoms with van der Waals surface area (Å²) in [5.74, 6) is 0.956. The second kappa shape index (κ2) is 4.64. The molecule has 0 radical (unpaired) electrons. The Labute approximate surface area is 77.8 Å². The number of methoxy groups -OCH3 is 1. The van der Waals surface area contributed by atoms with Crippen molar-refractivity contribution in [2.24, 2.45) is 0 Å². The molecule has 0 saturated carbocycles. The van der Waals surface area contributed by atoms with Crippen LogP contribution in [0.1, 0.15) is 6.92 Å². The van der Waals surface area contributed by atoms with E-state index in [1.54, 1.807) is 7.11 Å². The van der Waals surface area contributed by atoms with Crippen molar-refractivity contribution in [2.75, 3.05) is 7.11 Å². The first-order valence-corrected chi connectivity index (χ1v) is 6.45. The summed E-state index contributed by atoms with van der Waals surface area (Å²) >= 11 is 0.0926. The van der Waals surface area contributed by atoms with Gasteiger partial charge in [0.05, 0.1) is 0 Å². The van der Waals surface area contributed by atoms with Crippen molar-refractivity contribution in [3.05, 3.63) is 24.3 Å². The quantitative estimate of drug-likeness (QED) is 0.751. The Balaban J connectivity index is 2.66.